The fourth-order valence-corrected chi connectivity index (χ4v) is 1.40. The molecule has 0 aliphatic heterocycles. The largest absolute Gasteiger partial charge is 0.472 e. The Bertz CT molecular complexity index is 217. The van der Waals surface area contributed by atoms with Gasteiger partial charge in [0.25, 0.3) is 0 Å². The van der Waals surface area contributed by atoms with Crippen molar-refractivity contribution in [1.29, 1.82) is 0 Å². The van der Waals surface area contributed by atoms with Crippen molar-refractivity contribution >= 4 is 0 Å². The number of likely N-dealkylation sites (N-methyl/N-ethyl adjacent to an activating group) is 1. The molecular weight excluding hydrogens is 176 g/mol. The van der Waals surface area contributed by atoms with Gasteiger partial charge in [0.1, 0.15) is 0 Å². The van der Waals surface area contributed by atoms with E-state index in [4.69, 9.17) is 4.42 Å². The maximum Gasteiger partial charge on any atom is 0.0947 e. The van der Waals surface area contributed by atoms with Crippen LogP contribution in [0.2, 0.25) is 0 Å². The standard InChI is InChI=1S/C11H20N2O/c1-3-13(4-2)7-6-12-9-11-5-8-14-10-11/h5,8,10,12H,3-4,6-7,9H2,1-2H3. The van der Waals surface area contributed by atoms with Crippen LogP contribution in [0.15, 0.2) is 23.0 Å². The lowest BCUT2D eigenvalue weighted by atomic mass is 10.3. The van der Waals surface area contributed by atoms with Gasteiger partial charge in [-0.25, -0.2) is 0 Å². The summed E-state index contributed by atoms with van der Waals surface area (Å²) in [6, 6.07) is 1.99. The van der Waals surface area contributed by atoms with E-state index in [9.17, 15) is 0 Å². The van der Waals surface area contributed by atoms with Crippen LogP contribution in [-0.2, 0) is 6.54 Å². The molecule has 0 spiro atoms. The molecule has 0 aliphatic rings. The second-order valence-electron chi connectivity index (χ2n) is 3.34. The molecule has 0 aromatic carbocycles. The van der Waals surface area contributed by atoms with Crippen LogP contribution in [0.1, 0.15) is 19.4 Å². The third-order valence-electron chi connectivity index (χ3n) is 2.41. The molecule has 0 bridgehead atoms. The number of nitrogens with one attached hydrogen (secondary N) is 1. The molecule has 1 aromatic heterocycles. The summed E-state index contributed by atoms with van der Waals surface area (Å²) in [5, 5.41) is 3.39. The zero-order chi connectivity index (χ0) is 10.2. The van der Waals surface area contributed by atoms with E-state index < -0.39 is 0 Å². The molecule has 1 N–H and O–H groups in total. The maximum atomic E-state index is 4.98. The average molecular weight is 196 g/mol. The van der Waals surface area contributed by atoms with Crippen LogP contribution in [-0.4, -0.2) is 31.1 Å². The van der Waals surface area contributed by atoms with Crippen molar-refractivity contribution in [2.24, 2.45) is 0 Å². The topological polar surface area (TPSA) is 28.4 Å². The second-order valence-corrected chi connectivity index (χ2v) is 3.34. The van der Waals surface area contributed by atoms with E-state index >= 15 is 0 Å². The Kier molecular flexibility index (Phi) is 5.33. The van der Waals surface area contributed by atoms with Gasteiger partial charge in [-0.3, -0.25) is 0 Å². The second kappa shape index (κ2) is 6.62. The fourth-order valence-electron chi connectivity index (χ4n) is 1.40. The van der Waals surface area contributed by atoms with Gasteiger partial charge in [0.15, 0.2) is 0 Å². The van der Waals surface area contributed by atoms with Crippen molar-refractivity contribution in [2.45, 2.75) is 20.4 Å². The highest BCUT2D eigenvalue weighted by Gasteiger charge is 1.98. The van der Waals surface area contributed by atoms with Crippen LogP contribution in [0.25, 0.3) is 0 Å². The summed E-state index contributed by atoms with van der Waals surface area (Å²) in [5.41, 5.74) is 1.21. The normalized spacial score (nSPS) is 11.1. The van der Waals surface area contributed by atoms with E-state index in [1.54, 1.807) is 12.5 Å². The van der Waals surface area contributed by atoms with Gasteiger partial charge in [-0.2, -0.15) is 0 Å². The predicted molar refractivity (Wildman–Crippen MR) is 58.2 cm³/mol. The highest BCUT2D eigenvalue weighted by atomic mass is 16.3. The van der Waals surface area contributed by atoms with Crippen molar-refractivity contribution < 1.29 is 4.42 Å². The zero-order valence-electron chi connectivity index (χ0n) is 9.12. The molecule has 0 saturated heterocycles. The molecule has 1 aromatic rings. The first kappa shape index (κ1) is 11.3. The molecule has 3 heteroatoms. The Morgan fingerprint density at radius 3 is 2.71 bits per heavy atom. The summed E-state index contributed by atoms with van der Waals surface area (Å²) < 4.78 is 4.98. The SMILES string of the molecule is CCN(CC)CCNCc1ccoc1. The summed E-state index contributed by atoms with van der Waals surface area (Å²) in [6.07, 6.45) is 3.49. The average Bonchev–Trinajstić information content (AvgIpc) is 2.71. The lowest BCUT2D eigenvalue weighted by Crippen LogP contribution is -2.31. The maximum absolute atomic E-state index is 4.98. The summed E-state index contributed by atoms with van der Waals surface area (Å²) >= 11 is 0. The van der Waals surface area contributed by atoms with Crippen LogP contribution < -0.4 is 5.32 Å². The smallest absolute Gasteiger partial charge is 0.0947 e. The van der Waals surface area contributed by atoms with Crippen LogP contribution in [0.4, 0.5) is 0 Å². The molecule has 1 rings (SSSR count). The third kappa shape index (κ3) is 3.94. The van der Waals surface area contributed by atoms with Crippen LogP contribution in [0.5, 0.6) is 0 Å². The lowest BCUT2D eigenvalue weighted by molar-refractivity contribution is 0.302. The molecule has 0 saturated carbocycles. The van der Waals surface area contributed by atoms with Crippen LogP contribution >= 0.6 is 0 Å². The van der Waals surface area contributed by atoms with Crippen molar-refractivity contribution in [3.63, 3.8) is 0 Å². The zero-order valence-corrected chi connectivity index (χ0v) is 9.12. The quantitative estimate of drug-likeness (QED) is 0.673. The third-order valence-corrected chi connectivity index (χ3v) is 2.41. The van der Waals surface area contributed by atoms with Crippen molar-refractivity contribution in [2.75, 3.05) is 26.2 Å². The fraction of sp³-hybridized carbons (Fsp3) is 0.636. The predicted octanol–water partition coefficient (Wildman–Crippen LogP) is 1.71. The Hall–Kier alpha value is -0.800. The molecule has 0 radical (unpaired) electrons. The van der Waals surface area contributed by atoms with E-state index in [1.807, 2.05) is 6.07 Å². The molecular formula is C11H20N2O. The molecule has 80 valence electrons. The first-order valence-corrected chi connectivity index (χ1v) is 5.31. The Labute approximate surface area is 86.1 Å². The highest BCUT2D eigenvalue weighted by molar-refractivity contribution is 5.04. The van der Waals surface area contributed by atoms with Gasteiger partial charge in [-0.15, -0.1) is 0 Å². The molecule has 0 unspecified atom stereocenters. The Balaban J connectivity index is 2.04. The number of nitrogens with zero attached hydrogens (tertiary/aromatic N) is 1. The van der Waals surface area contributed by atoms with Crippen molar-refractivity contribution in [1.82, 2.24) is 10.2 Å². The summed E-state index contributed by atoms with van der Waals surface area (Å²) in [5.74, 6) is 0. The van der Waals surface area contributed by atoms with Crippen LogP contribution in [0, 0.1) is 0 Å². The number of rotatable bonds is 7. The molecule has 0 fully saturated rings. The lowest BCUT2D eigenvalue weighted by Gasteiger charge is -2.17. The molecule has 14 heavy (non-hydrogen) atoms. The van der Waals surface area contributed by atoms with E-state index in [0.29, 0.717) is 0 Å². The minimum absolute atomic E-state index is 0.901. The van der Waals surface area contributed by atoms with E-state index in [2.05, 4.69) is 24.1 Å². The van der Waals surface area contributed by atoms with E-state index in [1.165, 1.54) is 5.56 Å². The summed E-state index contributed by atoms with van der Waals surface area (Å²) in [7, 11) is 0. The summed E-state index contributed by atoms with van der Waals surface area (Å²) in [4.78, 5) is 2.41. The first-order chi connectivity index (χ1) is 6.86. The minimum atomic E-state index is 0.901. The monoisotopic (exact) mass is 196 g/mol. The van der Waals surface area contributed by atoms with E-state index in [0.717, 1.165) is 32.7 Å². The van der Waals surface area contributed by atoms with Crippen LogP contribution in [0.3, 0.4) is 0 Å². The van der Waals surface area contributed by atoms with Crippen molar-refractivity contribution in [3.8, 4) is 0 Å². The van der Waals surface area contributed by atoms with Gasteiger partial charge >= 0.3 is 0 Å². The number of hydrogen-bond donors (Lipinski definition) is 1. The Morgan fingerprint density at radius 1 is 1.36 bits per heavy atom. The highest BCUT2D eigenvalue weighted by Crippen LogP contribution is 1.98. The summed E-state index contributed by atoms with van der Waals surface area (Å²) in [6.45, 7) is 9.70. The Morgan fingerprint density at radius 2 is 2.14 bits per heavy atom. The van der Waals surface area contributed by atoms with Gasteiger partial charge in [0.05, 0.1) is 12.5 Å². The number of hydrogen-bond acceptors (Lipinski definition) is 3. The molecule has 0 amide bonds. The molecule has 0 aliphatic carbocycles. The minimum Gasteiger partial charge on any atom is -0.472 e. The van der Waals surface area contributed by atoms with Gasteiger partial charge in [0, 0.05) is 25.2 Å². The number of furan rings is 1. The van der Waals surface area contributed by atoms with Gasteiger partial charge in [-0.1, -0.05) is 13.8 Å². The van der Waals surface area contributed by atoms with E-state index in [-0.39, 0.29) is 0 Å². The molecule has 3 nitrogen and oxygen atoms in total. The van der Waals surface area contributed by atoms with Gasteiger partial charge in [-0.05, 0) is 19.2 Å². The van der Waals surface area contributed by atoms with Crippen molar-refractivity contribution in [3.05, 3.63) is 24.2 Å². The first-order valence-electron chi connectivity index (χ1n) is 5.31. The molecule has 1 heterocycles. The van der Waals surface area contributed by atoms with Gasteiger partial charge in [0.2, 0.25) is 0 Å². The van der Waals surface area contributed by atoms with Gasteiger partial charge < -0.3 is 14.6 Å². The molecule has 0 atom stereocenters.